The molecule has 0 spiro atoms. The van der Waals surface area contributed by atoms with Gasteiger partial charge in [0, 0.05) is 0 Å². The summed E-state index contributed by atoms with van der Waals surface area (Å²) in [4.78, 5) is 11.2. The predicted molar refractivity (Wildman–Crippen MR) is 84.5 cm³/mol. The summed E-state index contributed by atoms with van der Waals surface area (Å²) in [5, 5.41) is 9.13. The lowest BCUT2D eigenvalue weighted by atomic mass is 9.92. The molecule has 114 valence electrons. The number of carbonyl (C=O) groups excluding carboxylic acids is 1. The number of hydrogen-bond acceptors (Lipinski definition) is 3. The second-order valence-corrected chi connectivity index (χ2v) is 5.79. The SMILES string of the molecule is O=C1O[C@@H](CCc2cccc(Cc3ccccc3)c2)[C@@H]1CO. The first-order valence-corrected chi connectivity index (χ1v) is 7.69. The highest BCUT2D eigenvalue weighted by atomic mass is 16.6. The molecule has 3 rings (SSSR count). The number of esters is 1. The van der Waals surface area contributed by atoms with E-state index in [0.29, 0.717) is 0 Å². The van der Waals surface area contributed by atoms with Crippen LogP contribution in [-0.2, 0) is 22.4 Å². The van der Waals surface area contributed by atoms with Gasteiger partial charge in [0.25, 0.3) is 0 Å². The van der Waals surface area contributed by atoms with Crippen LogP contribution in [0, 0.1) is 5.92 Å². The van der Waals surface area contributed by atoms with E-state index in [1.807, 2.05) is 6.07 Å². The van der Waals surface area contributed by atoms with E-state index in [-0.39, 0.29) is 24.6 Å². The molecule has 0 saturated carbocycles. The third-order valence-corrected chi connectivity index (χ3v) is 4.18. The summed E-state index contributed by atoms with van der Waals surface area (Å²) in [6, 6.07) is 18.9. The summed E-state index contributed by atoms with van der Waals surface area (Å²) in [6.45, 7) is -0.114. The number of carbonyl (C=O) groups is 1. The molecule has 0 aliphatic carbocycles. The van der Waals surface area contributed by atoms with Gasteiger partial charge < -0.3 is 9.84 Å². The number of benzene rings is 2. The summed E-state index contributed by atoms with van der Waals surface area (Å²) < 4.78 is 5.09. The molecule has 1 aliphatic heterocycles. The third kappa shape index (κ3) is 3.37. The Kier molecular flexibility index (Phi) is 4.54. The minimum Gasteiger partial charge on any atom is -0.461 e. The number of cyclic esters (lactones) is 1. The lowest BCUT2D eigenvalue weighted by Crippen LogP contribution is -2.47. The predicted octanol–water partition coefficient (Wildman–Crippen LogP) is 2.74. The molecule has 1 aliphatic rings. The van der Waals surface area contributed by atoms with Crippen molar-refractivity contribution >= 4 is 5.97 Å². The topological polar surface area (TPSA) is 46.5 Å². The van der Waals surface area contributed by atoms with Gasteiger partial charge in [0.05, 0.1) is 6.61 Å². The smallest absolute Gasteiger partial charge is 0.315 e. The molecule has 0 radical (unpaired) electrons. The van der Waals surface area contributed by atoms with Crippen LogP contribution in [0.1, 0.15) is 23.1 Å². The fraction of sp³-hybridized carbons (Fsp3) is 0.316. The standard InChI is InChI=1S/C19H20O3/c20-13-17-18(22-19(17)21)10-9-15-7-4-8-16(12-15)11-14-5-2-1-3-6-14/h1-8,12,17-18,20H,9-11,13H2/t17-,18-/m0/s1. The van der Waals surface area contributed by atoms with Crippen molar-refractivity contribution < 1.29 is 14.6 Å². The lowest BCUT2D eigenvalue weighted by Gasteiger charge is -2.33. The molecule has 1 saturated heterocycles. The summed E-state index contributed by atoms with van der Waals surface area (Å²) in [7, 11) is 0. The number of rotatable bonds is 6. The van der Waals surface area contributed by atoms with Gasteiger partial charge in [0.1, 0.15) is 12.0 Å². The van der Waals surface area contributed by atoms with Gasteiger partial charge in [-0.15, -0.1) is 0 Å². The van der Waals surface area contributed by atoms with Crippen LogP contribution in [0.4, 0.5) is 0 Å². The van der Waals surface area contributed by atoms with E-state index < -0.39 is 0 Å². The zero-order valence-corrected chi connectivity index (χ0v) is 12.4. The first-order valence-electron chi connectivity index (χ1n) is 7.69. The molecule has 1 fully saturated rings. The van der Waals surface area contributed by atoms with E-state index in [2.05, 4.69) is 48.5 Å². The number of aliphatic hydroxyl groups excluding tert-OH is 1. The molecule has 0 unspecified atom stereocenters. The van der Waals surface area contributed by atoms with Crippen molar-refractivity contribution in [3.05, 3.63) is 71.3 Å². The molecule has 22 heavy (non-hydrogen) atoms. The van der Waals surface area contributed by atoms with Crippen LogP contribution in [0.3, 0.4) is 0 Å². The molecule has 3 nitrogen and oxygen atoms in total. The second kappa shape index (κ2) is 6.75. The Morgan fingerprint density at radius 2 is 1.68 bits per heavy atom. The van der Waals surface area contributed by atoms with Crippen LogP contribution >= 0.6 is 0 Å². The molecule has 1 heterocycles. The summed E-state index contributed by atoms with van der Waals surface area (Å²) in [5.41, 5.74) is 3.83. The molecule has 0 aromatic heterocycles. The lowest BCUT2D eigenvalue weighted by molar-refractivity contribution is -0.188. The van der Waals surface area contributed by atoms with E-state index in [0.717, 1.165) is 19.3 Å². The van der Waals surface area contributed by atoms with Crippen molar-refractivity contribution in [1.82, 2.24) is 0 Å². The highest BCUT2D eigenvalue weighted by molar-refractivity contribution is 5.78. The van der Waals surface area contributed by atoms with E-state index in [4.69, 9.17) is 9.84 Å². The van der Waals surface area contributed by atoms with Crippen molar-refractivity contribution in [2.45, 2.75) is 25.4 Å². The van der Waals surface area contributed by atoms with Gasteiger partial charge in [-0.1, -0.05) is 54.6 Å². The molecule has 2 aromatic carbocycles. The Labute approximate surface area is 130 Å². The first kappa shape index (κ1) is 14.8. The Morgan fingerprint density at radius 3 is 2.41 bits per heavy atom. The molecule has 2 aromatic rings. The van der Waals surface area contributed by atoms with E-state index in [1.54, 1.807) is 0 Å². The van der Waals surface area contributed by atoms with Crippen molar-refractivity contribution in [1.29, 1.82) is 0 Å². The van der Waals surface area contributed by atoms with Gasteiger partial charge in [-0.2, -0.15) is 0 Å². The Bertz CT molecular complexity index is 636. The Morgan fingerprint density at radius 1 is 0.955 bits per heavy atom. The number of aryl methyl sites for hydroxylation is 1. The fourth-order valence-corrected chi connectivity index (χ4v) is 2.89. The maximum atomic E-state index is 11.2. The van der Waals surface area contributed by atoms with E-state index in [1.165, 1.54) is 16.7 Å². The highest BCUT2D eigenvalue weighted by Gasteiger charge is 2.41. The number of ether oxygens (including phenoxy) is 1. The number of hydrogen-bond donors (Lipinski definition) is 1. The van der Waals surface area contributed by atoms with Crippen LogP contribution in [0.2, 0.25) is 0 Å². The normalized spacial score (nSPS) is 20.3. The fourth-order valence-electron chi connectivity index (χ4n) is 2.89. The van der Waals surface area contributed by atoms with Gasteiger partial charge in [-0.3, -0.25) is 4.79 Å². The second-order valence-electron chi connectivity index (χ2n) is 5.79. The van der Waals surface area contributed by atoms with Crippen LogP contribution in [0.25, 0.3) is 0 Å². The molecular weight excluding hydrogens is 276 g/mol. The van der Waals surface area contributed by atoms with Gasteiger partial charge in [-0.25, -0.2) is 0 Å². The minimum atomic E-state index is -0.326. The zero-order valence-electron chi connectivity index (χ0n) is 12.4. The van der Waals surface area contributed by atoms with Gasteiger partial charge >= 0.3 is 5.97 Å². The molecular formula is C19H20O3. The van der Waals surface area contributed by atoms with Crippen molar-refractivity contribution in [3.63, 3.8) is 0 Å². The molecule has 2 atom stereocenters. The van der Waals surface area contributed by atoms with E-state index >= 15 is 0 Å². The largest absolute Gasteiger partial charge is 0.461 e. The summed E-state index contributed by atoms with van der Waals surface area (Å²) in [6.07, 6.45) is 2.42. The van der Waals surface area contributed by atoms with E-state index in [9.17, 15) is 4.79 Å². The molecule has 1 N–H and O–H groups in total. The average molecular weight is 296 g/mol. The summed E-state index contributed by atoms with van der Waals surface area (Å²) in [5.74, 6) is -0.599. The Balaban J connectivity index is 1.59. The third-order valence-electron chi connectivity index (χ3n) is 4.18. The van der Waals surface area contributed by atoms with Crippen LogP contribution < -0.4 is 0 Å². The van der Waals surface area contributed by atoms with Crippen LogP contribution in [-0.4, -0.2) is 23.8 Å². The molecule has 3 heteroatoms. The van der Waals surface area contributed by atoms with Gasteiger partial charge in [-0.05, 0) is 36.0 Å². The highest BCUT2D eigenvalue weighted by Crippen LogP contribution is 2.26. The monoisotopic (exact) mass is 296 g/mol. The molecule has 0 amide bonds. The van der Waals surface area contributed by atoms with Crippen LogP contribution in [0.15, 0.2) is 54.6 Å². The zero-order chi connectivity index (χ0) is 15.4. The number of aliphatic hydroxyl groups is 1. The van der Waals surface area contributed by atoms with Crippen molar-refractivity contribution in [2.75, 3.05) is 6.61 Å². The first-order chi connectivity index (χ1) is 10.8. The minimum absolute atomic E-state index is 0.114. The maximum Gasteiger partial charge on any atom is 0.315 e. The Hall–Kier alpha value is -2.13. The maximum absolute atomic E-state index is 11.2. The van der Waals surface area contributed by atoms with Crippen LogP contribution in [0.5, 0.6) is 0 Å². The molecule has 0 bridgehead atoms. The summed E-state index contributed by atoms with van der Waals surface area (Å²) >= 11 is 0. The average Bonchev–Trinajstić information content (AvgIpc) is 2.53. The van der Waals surface area contributed by atoms with Gasteiger partial charge in [0.15, 0.2) is 0 Å². The van der Waals surface area contributed by atoms with Crippen molar-refractivity contribution in [2.24, 2.45) is 5.92 Å². The van der Waals surface area contributed by atoms with Crippen molar-refractivity contribution in [3.8, 4) is 0 Å². The quantitative estimate of drug-likeness (QED) is 0.834. The van der Waals surface area contributed by atoms with Gasteiger partial charge in [0.2, 0.25) is 0 Å².